The Kier molecular flexibility index (Phi) is 4.26. The van der Waals surface area contributed by atoms with E-state index >= 15 is 0 Å². The number of anilines is 1. The molecule has 1 aliphatic rings. The summed E-state index contributed by atoms with van der Waals surface area (Å²) in [4.78, 5) is 2.38. The van der Waals surface area contributed by atoms with E-state index in [0.717, 1.165) is 25.3 Å². The van der Waals surface area contributed by atoms with Crippen molar-refractivity contribution in [2.75, 3.05) is 31.7 Å². The van der Waals surface area contributed by atoms with Gasteiger partial charge in [-0.05, 0) is 37.3 Å². The molecule has 1 N–H and O–H groups in total. The molecule has 1 aromatic rings. The van der Waals surface area contributed by atoms with Crippen LogP contribution >= 0.6 is 0 Å². The monoisotopic (exact) mass is 235 g/mol. The highest BCUT2D eigenvalue weighted by Gasteiger charge is 2.21. The first kappa shape index (κ1) is 12.2. The third kappa shape index (κ3) is 2.91. The third-order valence-corrected chi connectivity index (χ3v) is 3.48. The molecule has 0 aromatic heterocycles. The van der Waals surface area contributed by atoms with Gasteiger partial charge in [0.2, 0.25) is 0 Å². The minimum absolute atomic E-state index is 0.296. The number of aliphatic hydroxyl groups is 1. The summed E-state index contributed by atoms with van der Waals surface area (Å²) in [5.74, 6) is 1.55. The molecule has 1 heterocycles. The van der Waals surface area contributed by atoms with E-state index in [-0.39, 0.29) is 0 Å². The Balaban J connectivity index is 2.10. The number of para-hydroxylation sites is 2. The molecule has 0 radical (unpaired) electrons. The number of ether oxygens (including phenoxy) is 1. The van der Waals surface area contributed by atoms with Crippen molar-refractivity contribution in [2.24, 2.45) is 5.92 Å². The lowest BCUT2D eigenvalue weighted by Crippen LogP contribution is -2.35. The van der Waals surface area contributed by atoms with Crippen LogP contribution in [0.15, 0.2) is 24.3 Å². The summed E-state index contributed by atoms with van der Waals surface area (Å²) in [6, 6.07) is 8.16. The normalized spacial score (nSPS) is 20.4. The van der Waals surface area contributed by atoms with Crippen LogP contribution in [-0.4, -0.2) is 31.9 Å². The van der Waals surface area contributed by atoms with Crippen LogP contribution in [0.25, 0.3) is 0 Å². The van der Waals surface area contributed by atoms with Crippen molar-refractivity contribution < 1.29 is 9.84 Å². The molecule has 1 unspecified atom stereocenters. The maximum Gasteiger partial charge on any atom is 0.142 e. The number of hydrogen-bond acceptors (Lipinski definition) is 3. The van der Waals surface area contributed by atoms with Crippen LogP contribution in [0, 0.1) is 5.92 Å². The number of piperidine rings is 1. The fourth-order valence-electron chi connectivity index (χ4n) is 2.59. The van der Waals surface area contributed by atoms with Gasteiger partial charge in [-0.15, -0.1) is 0 Å². The maximum absolute atomic E-state index is 9.03. The molecule has 1 aliphatic heterocycles. The molecule has 1 atom stereocenters. The molecular weight excluding hydrogens is 214 g/mol. The Hall–Kier alpha value is -1.22. The Morgan fingerprint density at radius 2 is 2.24 bits per heavy atom. The molecule has 0 spiro atoms. The zero-order chi connectivity index (χ0) is 12.1. The fraction of sp³-hybridized carbons (Fsp3) is 0.571. The number of aliphatic hydroxyl groups excluding tert-OH is 1. The molecule has 0 amide bonds. The van der Waals surface area contributed by atoms with Crippen LogP contribution < -0.4 is 9.64 Å². The average Bonchev–Trinajstić information content (AvgIpc) is 2.39. The van der Waals surface area contributed by atoms with Crippen LogP contribution in [0.5, 0.6) is 5.75 Å². The molecule has 1 aromatic carbocycles. The van der Waals surface area contributed by atoms with Crippen molar-refractivity contribution in [1.82, 2.24) is 0 Å². The highest BCUT2D eigenvalue weighted by Crippen LogP contribution is 2.31. The van der Waals surface area contributed by atoms with Gasteiger partial charge >= 0.3 is 0 Å². The Bertz CT molecular complexity index is 352. The van der Waals surface area contributed by atoms with Gasteiger partial charge in [0, 0.05) is 19.7 Å². The second kappa shape index (κ2) is 5.92. The first-order chi connectivity index (χ1) is 8.35. The van der Waals surface area contributed by atoms with Crippen LogP contribution in [0.4, 0.5) is 5.69 Å². The Morgan fingerprint density at radius 3 is 3.00 bits per heavy atom. The third-order valence-electron chi connectivity index (χ3n) is 3.48. The molecule has 0 saturated carbocycles. The predicted molar refractivity (Wildman–Crippen MR) is 69.6 cm³/mol. The first-order valence-electron chi connectivity index (χ1n) is 6.34. The van der Waals surface area contributed by atoms with E-state index in [1.807, 2.05) is 18.2 Å². The van der Waals surface area contributed by atoms with Crippen molar-refractivity contribution in [2.45, 2.75) is 19.3 Å². The molecule has 3 heteroatoms. The second-order valence-corrected chi connectivity index (χ2v) is 4.64. The minimum Gasteiger partial charge on any atom is -0.495 e. The zero-order valence-electron chi connectivity index (χ0n) is 10.4. The number of methoxy groups -OCH3 is 1. The smallest absolute Gasteiger partial charge is 0.142 e. The Labute approximate surface area is 103 Å². The Morgan fingerprint density at radius 1 is 1.41 bits per heavy atom. The highest BCUT2D eigenvalue weighted by atomic mass is 16.5. The van der Waals surface area contributed by atoms with Gasteiger partial charge in [-0.3, -0.25) is 0 Å². The van der Waals surface area contributed by atoms with Gasteiger partial charge in [0.05, 0.1) is 12.8 Å². The molecule has 3 nitrogen and oxygen atoms in total. The number of benzene rings is 1. The molecule has 94 valence electrons. The van der Waals surface area contributed by atoms with E-state index in [1.165, 1.54) is 18.5 Å². The quantitative estimate of drug-likeness (QED) is 0.869. The summed E-state index contributed by atoms with van der Waals surface area (Å²) in [6.07, 6.45) is 3.33. The minimum atomic E-state index is 0.296. The van der Waals surface area contributed by atoms with Gasteiger partial charge in [0.15, 0.2) is 0 Å². The fourth-order valence-corrected chi connectivity index (χ4v) is 2.59. The summed E-state index contributed by atoms with van der Waals surface area (Å²) in [6.45, 7) is 2.41. The second-order valence-electron chi connectivity index (χ2n) is 4.64. The zero-order valence-corrected chi connectivity index (χ0v) is 10.4. The van der Waals surface area contributed by atoms with E-state index in [2.05, 4.69) is 11.0 Å². The van der Waals surface area contributed by atoms with E-state index in [0.29, 0.717) is 12.5 Å². The SMILES string of the molecule is COc1ccccc1N1CCCC(CCO)C1. The summed E-state index contributed by atoms with van der Waals surface area (Å²) in [7, 11) is 1.72. The largest absolute Gasteiger partial charge is 0.495 e. The number of hydrogen-bond donors (Lipinski definition) is 1. The van der Waals surface area contributed by atoms with Gasteiger partial charge in [0.1, 0.15) is 5.75 Å². The maximum atomic E-state index is 9.03. The molecule has 2 rings (SSSR count). The van der Waals surface area contributed by atoms with Gasteiger partial charge in [-0.2, -0.15) is 0 Å². The summed E-state index contributed by atoms with van der Waals surface area (Å²) in [5, 5.41) is 9.03. The average molecular weight is 235 g/mol. The van der Waals surface area contributed by atoms with Gasteiger partial charge in [-0.1, -0.05) is 12.1 Å². The standard InChI is InChI=1S/C14H21NO2/c1-17-14-7-3-2-6-13(14)15-9-4-5-12(11-15)8-10-16/h2-3,6-7,12,16H,4-5,8-11H2,1H3. The number of nitrogens with zero attached hydrogens (tertiary/aromatic N) is 1. The van der Waals surface area contributed by atoms with Crippen molar-refractivity contribution in [1.29, 1.82) is 0 Å². The predicted octanol–water partition coefficient (Wildman–Crippen LogP) is 2.29. The topological polar surface area (TPSA) is 32.7 Å². The highest BCUT2D eigenvalue weighted by molar-refractivity contribution is 5.58. The van der Waals surface area contributed by atoms with E-state index in [9.17, 15) is 0 Å². The lowest BCUT2D eigenvalue weighted by atomic mass is 9.94. The van der Waals surface area contributed by atoms with Crippen LogP contribution in [0.1, 0.15) is 19.3 Å². The van der Waals surface area contributed by atoms with E-state index < -0.39 is 0 Å². The van der Waals surface area contributed by atoms with E-state index in [4.69, 9.17) is 9.84 Å². The molecular formula is C14H21NO2. The molecule has 0 aliphatic carbocycles. The molecule has 1 fully saturated rings. The van der Waals surface area contributed by atoms with Crippen molar-refractivity contribution >= 4 is 5.69 Å². The van der Waals surface area contributed by atoms with Gasteiger partial charge < -0.3 is 14.7 Å². The van der Waals surface area contributed by atoms with Crippen LogP contribution in [-0.2, 0) is 0 Å². The summed E-state index contributed by atoms with van der Waals surface area (Å²) < 4.78 is 5.40. The number of rotatable bonds is 4. The summed E-state index contributed by atoms with van der Waals surface area (Å²) in [5.41, 5.74) is 1.18. The van der Waals surface area contributed by atoms with E-state index in [1.54, 1.807) is 7.11 Å². The van der Waals surface area contributed by atoms with Crippen LogP contribution in [0.3, 0.4) is 0 Å². The molecule has 0 bridgehead atoms. The van der Waals surface area contributed by atoms with Gasteiger partial charge in [0.25, 0.3) is 0 Å². The molecule has 1 saturated heterocycles. The van der Waals surface area contributed by atoms with Crippen LogP contribution in [0.2, 0.25) is 0 Å². The van der Waals surface area contributed by atoms with Crippen molar-refractivity contribution in [3.8, 4) is 5.75 Å². The lowest BCUT2D eigenvalue weighted by molar-refractivity contribution is 0.244. The molecule has 17 heavy (non-hydrogen) atoms. The van der Waals surface area contributed by atoms with Gasteiger partial charge in [-0.25, -0.2) is 0 Å². The lowest BCUT2D eigenvalue weighted by Gasteiger charge is -2.35. The van der Waals surface area contributed by atoms with Crippen molar-refractivity contribution in [3.63, 3.8) is 0 Å². The first-order valence-corrected chi connectivity index (χ1v) is 6.34. The summed E-state index contributed by atoms with van der Waals surface area (Å²) >= 11 is 0. The van der Waals surface area contributed by atoms with Crippen molar-refractivity contribution in [3.05, 3.63) is 24.3 Å².